The number of likely N-dealkylation sites (tertiary alicyclic amines) is 2. The van der Waals surface area contributed by atoms with E-state index >= 15 is 0 Å². The van der Waals surface area contributed by atoms with E-state index in [1.54, 1.807) is 6.92 Å². The number of amides is 3. The van der Waals surface area contributed by atoms with Gasteiger partial charge in [0.2, 0.25) is 11.8 Å². The summed E-state index contributed by atoms with van der Waals surface area (Å²) in [5, 5.41) is 1.24. The van der Waals surface area contributed by atoms with Gasteiger partial charge in [0.15, 0.2) is 0 Å². The van der Waals surface area contributed by atoms with Gasteiger partial charge < -0.3 is 19.3 Å². The first-order valence-electron chi connectivity index (χ1n) is 18.4. The van der Waals surface area contributed by atoms with E-state index in [0.717, 1.165) is 80.8 Å². The van der Waals surface area contributed by atoms with Gasteiger partial charge in [0.1, 0.15) is 0 Å². The molecule has 3 aliphatic heterocycles. The Labute approximate surface area is 295 Å². The van der Waals surface area contributed by atoms with E-state index in [2.05, 4.69) is 53.5 Å². The standard InChI is InChI=1S/C41H50N6O3/c1-5-35-28(2)43(4)39-12-11-32(25-36(35)39)38-27-33(26-37(42-38)30-9-7-6-8-10-30)41(50)47-23-21-45(22-24-47)34-15-19-46(20-16-34)40(49)31-13-17-44(18-14-31)29(3)48/h6-12,25-27,31,34H,5,13-24H2,1-4H3. The molecule has 3 aliphatic rings. The summed E-state index contributed by atoms with van der Waals surface area (Å²) in [4.78, 5) is 52.6. The number of hydrogen-bond acceptors (Lipinski definition) is 5. The van der Waals surface area contributed by atoms with E-state index in [-0.39, 0.29) is 23.6 Å². The van der Waals surface area contributed by atoms with Crippen molar-refractivity contribution in [1.82, 2.24) is 29.2 Å². The molecule has 2 aromatic carbocycles. The molecule has 3 fully saturated rings. The largest absolute Gasteiger partial charge is 0.348 e. The van der Waals surface area contributed by atoms with E-state index in [9.17, 15) is 14.4 Å². The first-order valence-corrected chi connectivity index (χ1v) is 18.4. The van der Waals surface area contributed by atoms with Gasteiger partial charge in [0, 0.05) is 112 Å². The minimum Gasteiger partial charge on any atom is -0.348 e. The number of fused-ring (bicyclic) bond motifs is 1. The summed E-state index contributed by atoms with van der Waals surface area (Å²) in [6, 6.07) is 21.0. The molecule has 3 saturated heterocycles. The van der Waals surface area contributed by atoms with Crippen molar-refractivity contribution < 1.29 is 14.4 Å². The van der Waals surface area contributed by atoms with Crippen molar-refractivity contribution in [3.05, 3.63) is 77.5 Å². The molecule has 0 spiro atoms. The Kier molecular flexibility index (Phi) is 9.78. The Balaban J connectivity index is 1.02. The van der Waals surface area contributed by atoms with Gasteiger partial charge in [-0.2, -0.15) is 0 Å². The number of benzene rings is 2. The summed E-state index contributed by atoms with van der Waals surface area (Å²) in [5.74, 6) is 0.445. The molecule has 7 rings (SSSR count). The highest BCUT2D eigenvalue weighted by molar-refractivity contribution is 5.97. The number of aromatic nitrogens is 2. The van der Waals surface area contributed by atoms with E-state index in [1.807, 2.05) is 52.3 Å². The Morgan fingerprint density at radius 2 is 1.38 bits per heavy atom. The van der Waals surface area contributed by atoms with Crippen LogP contribution in [0.2, 0.25) is 0 Å². The van der Waals surface area contributed by atoms with Crippen LogP contribution in [0, 0.1) is 12.8 Å². The van der Waals surface area contributed by atoms with Crippen LogP contribution in [0.15, 0.2) is 60.7 Å². The molecular formula is C41H50N6O3. The molecule has 0 aliphatic carbocycles. The number of hydrogen-bond donors (Lipinski definition) is 0. The Bertz CT molecular complexity index is 1880. The molecule has 0 unspecified atom stereocenters. The number of carbonyl (C=O) groups is 3. The third-order valence-electron chi connectivity index (χ3n) is 11.6. The van der Waals surface area contributed by atoms with Crippen molar-refractivity contribution in [1.29, 1.82) is 0 Å². The second kappa shape index (κ2) is 14.4. The van der Waals surface area contributed by atoms with Crippen LogP contribution in [0.25, 0.3) is 33.4 Å². The average Bonchev–Trinajstić information content (AvgIpc) is 3.41. The molecule has 0 saturated carbocycles. The zero-order valence-electron chi connectivity index (χ0n) is 30.0. The summed E-state index contributed by atoms with van der Waals surface area (Å²) >= 11 is 0. The number of piperazine rings is 1. The van der Waals surface area contributed by atoms with Gasteiger partial charge in [-0.3, -0.25) is 19.3 Å². The highest BCUT2D eigenvalue weighted by Gasteiger charge is 2.34. The second-order valence-corrected chi connectivity index (χ2v) is 14.4. The molecule has 9 heteroatoms. The lowest BCUT2D eigenvalue weighted by molar-refractivity contribution is -0.141. The normalized spacial score (nSPS) is 18.2. The minimum atomic E-state index is 0.0343. The lowest BCUT2D eigenvalue weighted by Crippen LogP contribution is -2.55. The third-order valence-corrected chi connectivity index (χ3v) is 11.6. The predicted molar refractivity (Wildman–Crippen MR) is 198 cm³/mol. The molecule has 2 aromatic heterocycles. The van der Waals surface area contributed by atoms with Crippen LogP contribution in [0.3, 0.4) is 0 Å². The van der Waals surface area contributed by atoms with Crippen LogP contribution in [-0.4, -0.2) is 105 Å². The van der Waals surface area contributed by atoms with E-state index in [4.69, 9.17) is 4.98 Å². The fraction of sp³-hybridized carbons (Fsp3) is 0.463. The zero-order chi connectivity index (χ0) is 34.9. The Morgan fingerprint density at radius 3 is 2.02 bits per heavy atom. The quantitative estimate of drug-likeness (QED) is 0.259. The fourth-order valence-corrected chi connectivity index (χ4v) is 8.44. The molecule has 0 bridgehead atoms. The van der Waals surface area contributed by atoms with Crippen LogP contribution in [-0.2, 0) is 23.1 Å². The number of piperidine rings is 2. The summed E-state index contributed by atoms with van der Waals surface area (Å²) in [7, 11) is 2.12. The fourth-order valence-electron chi connectivity index (χ4n) is 8.44. The van der Waals surface area contributed by atoms with Crippen LogP contribution < -0.4 is 0 Å². The number of nitrogens with zero attached hydrogens (tertiary/aromatic N) is 6. The highest BCUT2D eigenvalue weighted by atomic mass is 16.2. The topological polar surface area (TPSA) is 82.0 Å². The van der Waals surface area contributed by atoms with Gasteiger partial charge in [-0.1, -0.05) is 43.3 Å². The van der Waals surface area contributed by atoms with Gasteiger partial charge in [0.05, 0.1) is 11.4 Å². The molecule has 4 aromatic rings. The smallest absolute Gasteiger partial charge is 0.254 e. The zero-order valence-corrected chi connectivity index (χ0v) is 30.0. The summed E-state index contributed by atoms with van der Waals surface area (Å²) in [6.07, 6.45) is 4.42. The van der Waals surface area contributed by atoms with Crippen LogP contribution in [0.1, 0.15) is 61.1 Å². The molecule has 5 heterocycles. The molecule has 262 valence electrons. The van der Waals surface area contributed by atoms with Crippen molar-refractivity contribution in [3.8, 4) is 22.5 Å². The average molecular weight is 675 g/mol. The Hall–Kier alpha value is -4.50. The van der Waals surface area contributed by atoms with E-state index < -0.39 is 0 Å². The molecule has 3 amide bonds. The van der Waals surface area contributed by atoms with Gasteiger partial charge >= 0.3 is 0 Å². The number of rotatable bonds is 6. The Morgan fingerprint density at radius 1 is 0.740 bits per heavy atom. The number of carbonyl (C=O) groups excluding carboxylic acids is 3. The van der Waals surface area contributed by atoms with E-state index in [0.29, 0.717) is 37.8 Å². The molecule has 0 radical (unpaired) electrons. The van der Waals surface area contributed by atoms with Gasteiger partial charge in [-0.15, -0.1) is 0 Å². The number of pyridine rings is 1. The molecule has 50 heavy (non-hydrogen) atoms. The lowest BCUT2D eigenvalue weighted by atomic mass is 9.93. The first kappa shape index (κ1) is 34.0. The number of aryl methyl sites for hydroxylation is 2. The van der Waals surface area contributed by atoms with Crippen molar-refractivity contribution >= 4 is 28.6 Å². The van der Waals surface area contributed by atoms with Crippen molar-refractivity contribution in [2.24, 2.45) is 13.0 Å². The molecule has 0 N–H and O–H groups in total. The first-order chi connectivity index (χ1) is 24.2. The monoisotopic (exact) mass is 674 g/mol. The van der Waals surface area contributed by atoms with Gasteiger partial charge in [0.25, 0.3) is 5.91 Å². The summed E-state index contributed by atoms with van der Waals surface area (Å²) in [5.41, 5.74) is 8.12. The van der Waals surface area contributed by atoms with Crippen molar-refractivity contribution in [3.63, 3.8) is 0 Å². The highest BCUT2D eigenvalue weighted by Crippen LogP contribution is 2.32. The van der Waals surface area contributed by atoms with Crippen molar-refractivity contribution in [2.45, 2.75) is 58.9 Å². The summed E-state index contributed by atoms with van der Waals surface area (Å²) < 4.78 is 2.26. The van der Waals surface area contributed by atoms with Crippen molar-refractivity contribution in [2.75, 3.05) is 52.4 Å². The SMILES string of the molecule is CCc1c(C)n(C)c2ccc(-c3cc(C(=O)N4CCN(C5CCN(C(=O)C6CCN(C(C)=O)CC6)CC5)CC4)cc(-c4ccccc4)n3)cc12. The molecule has 0 atom stereocenters. The maximum absolute atomic E-state index is 14.1. The van der Waals surface area contributed by atoms with Crippen LogP contribution >= 0.6 is 0 Å². The van der Waals surface area contributed by atoms with Crippen LogP contribution in [0.4, 0.5) is 0 Å². The van der Waals surface area contributed by atoms with Crippen LogP contribution in [0.5, 0.6) is 0 Å². The summed E-state index contributed by atoms with van der Waals surface area (Å²) in [6.45, 7) is 11.9. The predicted octanol–water partition coefficient (Wildman–Crippen LogP) is 5.79. The second-order valence-electron chi connectivity index (χ2n) is 14.4. The minimum absolute atomic E-state index is 0.0343. The lowest BCUT2D eigenvalue weighted by Gasteiger charge is -2.43. The third kappa shape index (κ3) is 6.67. The van der Waals surface area contributed by atoms with Gasteiger partial charge in [-0.25, -0.2) is 4.98 Å². The van der Waals surface area contributed by atoms with E-state index in [1.165, 1.54) is 22.2 Å². The maximum Gasteiger partial charge on any atom is 0.254 e. The maximum atomic E-state index is 14.1. The molecule has 9 nitrogen and oxygen atoms in total. The van der Waals surface area contributed by atoms with Gasteiger partial charge in [-0.05, 0) is 68.9 Å². The molecular weight excluding hydrogens is 624 g/mol.